The first-order chi connectivity index (χ1) is 9.24. The molecule has 0 atom stereocenters. The maximum atomic E-state index is 9.50. The highest BCUT2D eigenvalue weighted by Crippen LogP contribution is 2.31. The Morgan fingerprint density at radius 3 is 2.89 bits per heavy atom. The molecule has 0 spiro atoms. The summed E-state index contributed by atoms with van der Waals surface area (Å²) in [5, 5.41) is 12.9. The summed E-state index contributed by atoms with van der Waals surface area (Å²) in [5.74, 6) is 0.633. The van der Waals surface area contributed by atoms with Crippen molar-refractivity contribution >= 4 is 32.9 Å². The Morgan fingerprint density at radius 1 is 1.32 bits per heavy atom. The normalized spacial score (nSPS) is 23.6. The Bertz CT molecular complexity index is 561. The third-order valence-corrected chi connectivity index (χ3v) is 4.73. The number of nitrogen functional groups attached to an aromatic ring is 1. The van der Waals surface area contributed by atoms with Crippen molar-refractivity contribution in [2.75, 3.05) is 17.6 Å². The summed E-state index contributed by atoms with van der Waals surface area (Å²) in [6, 6.07) is 4.10. The Kier molecular flexibility index (Phi) is 3.57. The van der Waals surface area contributed by atoms with E-state index in [9.17, 15) is 5.11 Å². The second kappa shape index (κ2) is 5.35. The first-order valence-electron chi connectivity index (χ1n) is 6.77. The lowest BCUT2D eigenvalue weighted by atomic mass is 9.87. The monoisotopic (exact) mass is 277 g/mol. The minimum atomic E-state index is -0.0901. The zero-order valence-electron chi connectivity index (χ0n) is 10.8. The van der Waals surface area contributed by atoms with E-state index in [1.54, 1.807) is 11.3 Å². The third-order valence-electron chi connectivity index (χ3n) is 3.94. The predicted molar refractivity (Wildman–Crippen MR) is 80.5 cm³/mol. The van der Waals surface area contributed by atoms with Crippen molar-refractivity contribution in [2.24, 2.45) is 5.92 Å². The summed E-state index contributed by atoms with van der Waals surface area (Å²) >= 11 is 1.61. The highest BCUT2D eigenvalue weighted by molar-refractivity contribution is 7.16. The number of nitrogens with one attached hydrogen (secondary N) is 1. The van der Waals surface area contributed by atoms with Gasteiger partial charge in [-0.15, -0.1) is 11.3 Å². The van der Waals surface area contributed by atoms with Crippen LogP contribution in [0.5, 0.6) is 0 Å². The molecule has 1 fully saturated rings. The molecule has 2 aromatic rings. The summed E-state index contributed by atoms with van der Waals surface area (Å²) in [6.07, 6.45) is 3.94. The van der Waals surface area contributed by atoms with E-state index in [2.05, 4.69) is 16.4 Å². The summed E-state index contributed by atoms with van der Waals surface area (Å²) < 4.78 is 1.13. The molecular weight excluding hydrogens is 258 g/mol. The van der Waals surface area contributed by atoms with Crippen molar-refractivity contribution < 1.29 is 5.11 Å². The SMILES string of the molecule is Nc1c(NCC2CCC(O)CC2)ccc2scnc12. The Balaban J connectivity index is 1.66. The molecule has 1 heterocycles. The molecule has 1 aliphatic carbocycles. The summed E-state index contributed by atoms with van der Waals surface area (Å²) in [4.78, 5) is 4.30. The van der Waals surface area contributed by atoms with Gasteiger partial charge in [0.25, 0.3) is 0 Å². The molecule has 0 radical (unpaired) electrons. The van der Waals surface area contributed by atoms with Gasteiger partial charge in [-0.3, -0.25) is 0 Å². The minimum absolute atomic E-state index is 0.0901. The molecule has 1 aromatic carbocycles. The van der Waals surface area contributed by atoms with Crippen molar-refractivity contribution in [3.05, 3.63) is 17.6 Å². The Labute approximate surface area is 116 Å². The van der Waals surface area contributed by atoms with Gasteiger partial charge in [-0.1, -0.05) is 0 Å². The number of anilines is 2. The van der Waals surface area contributed by atoms with Crippen LogP contribution in [0.4, 0.5) is 11.4 Å². The first-order valence-corrected chi connectivity index (χ1v) is 7.65. The van der Waals surface area contributed by atoms with Gasteiger partial charge in [0.05, 0.1) is 27.7 Å². The van der Waals surface area contributed by atoms with Crippen LogP contribution in [0.1, 0.15) is 25.7 Å². The fourth-order valence-electron chi connectivity index (χ4n) is 2.71. The highest BCUT2D eigenvalue weighted by atomic mass is 32.1. The third kappa shape index (κ3) is 2.67. The maximum absolute atomic E-state index is 9.50. The Hall–Kier alpha value is -1.33. The number of nitrogens with two attached hydrogens (primary N) is 1. The van der Waals surface area contributed by atoms with E-state index in [-0.39, 0.29) is 6.10 Å². The molecule has 4 nitrogen and oxygen atoms in total. The topological polar surface area (TPSA) is 71.2 Å². The van der Waals surface area contributed by atoms with Crippen LogP contribution < -0.4 is 11.1 Å². The van der Waals surface area contributed by atoms with E-state index in [4.69, 9.17) is 5.73 Å². The van der Waals surface area contributed by atoms with E-state index >= 15 is 0 Å². The zero-order valence-corrected chi connectivity index (χ0v) is 11.6. The quantitative estimate of drug-likeness (QED) is 0.754. The maximum Gasteiger partial charge on any atom is 0.106 e. The first kappa shape index (κ1) is 12.7. The Morgan fingerprint density at radius 2 is 2.11 bits per heavy atom. The fraction of sp³-hybridized carbons (Fsp3) is 0.500. The summed E-state index contributed by atoms with van der Waals surface area (Å²) in [7, 11) is 0. The molecule has 1 saturated carbocycles. The van der Waals surface area contributed by atoms with Gasteiger partial charge in [0.2, 0.25) is 0 Å². The van der Waals surface area contributed by atoms with Crippen LogP contribution in [0, 0.1) is 5.92 Å². The van der Waals surface area contributed by atoms with Crippen LogP contribution in [0.15, 0.2) is 17.6 Å². The average Bonchev–Trinajstić information content (AvgIpc) is 2.89. The van der Waals surface area contributed by atoms with E-state index in [1.807, 2.05) is 11.6 Å². The lowest BCUT2D eigenvalue weighted by Crippen LogP contribution is -2.23. The molecule has 0 aliphatic heterocycles. The molecule has 0 saturated heterocycles. The second-order valence-electron chi connectivity index (χ2n) is 5.28. The molecule has 19 heavy (non-hydrogen) atoms. The highest BCUT2D eigenvalue weighted by Gasteiger charge is 2.19. The van der Waals surface area contributed by atoms with E-state index in [1.165, 1.54) is 0 Å². The number of hydrogen-bond acceptors (Lipinski definition) is 5. The van der Waals surface area contributed by atoms with Gasteiger partial charge < -0.3 is 16.2 Å². The number of aliphatic hydroxyl groups excluding tert-OH is 1. The largest absolute Gasteiger partial charge is 0.395 e. The number of aromatic nitrogens is 1. The molecule has 1 aliphatic rings. The number of aliphatic hydroxyl groups is 1. The van der Waals surface area contributed by atoms with Crippen molar-refractivity contribution in [1.82, 2.24) is 4.98 Å². The molecule has 1 aromatic heterocycles. The van der Waals surface area contributed by atoms with Crippen LogP contribution in [0.2, 0.25) is 0 Å². The molecule has 4 N–H and O–H groups in total. The number of rotatable bonds is 3. The average molecular weight is 277 g/mol. The lowest BCUT2D eigenvalue weighted by molar-refractivity contribution is 0.111. The predicted octanol–water partition coefficient (Wildman–Crippen LogP) is 2.84. The van der Waals surface area contributed by atoms with Crippen molar-refractivity contribution in [3.63, 3.8) is 0 Å². The smallest absolute Gasteiger partial charge is 0.106 e. The van der Waals surface area contributed by atoms with Gasteiger partial charge in [-0.05, 0) is 43.7 Å². The van der Waals surface area contributed by atoms with Crippen LogP contribution in [0.25, 0.3) is 10.2 Å². The molecule has 0 bridgehead atoms. The number of nitrogens with zero attached hydrogens (tertiary/aromatic N) is 1. The molecule has 5 heteroatoms. The van der Waals surface area contributed by atoms with Gasteiger partial charge in [0, 0.05) is 6.54 Å². The lowest BCUT2D eigenvalue weighted by Gasteiger charge is -2.26. The van der Waals surface area contributed by atoms with E-state index < -0.39 is 0 Å². The van der Waals surface area contributed by atoms with Gasteiger partial charge in [0.1, 0.15) is 5.52 Å². The van der Waals surface area contributed by atoms with E-state index in [0.29, 0.717) is 5.92 Å². The van der Waals surface area contributed by atoms with E-state index in [0.717, 1.165) is 53.8 Å². The van der Waals surface area contributed by atoms with Crippen LogP contribution in [0.3, 0.4) is 0 Å². The van der Waals surface area contributed by atoms with Gasteiger partial charge in [-0.25, -0.2) is 4.98 Å². The summed E-state index contributed by atoms with van der Waals surface area (Å²) in [5.41, 5.74) is 10.6. The number of benzene rings is 1. The molecule has 3 rings (SSSR count). The minimum Gasteiger partial charge on any atom is -0.395 e. The number of hydrogen-bond donors (Lipinski definition) is 3. The van der Waals surface area contributed by atoms with Gasteiger partial charge >= 0.3 is 0 Å². The number of thiazole rings is 1. The second-order valence-corrected chi connectivity index (χ2v) is 6.17. The van der Waals surface area contributed by atoms with Crippen molar-refractivity contribution in [1.29, 1.82) is 0 Å². The molecule has 0 unspecified atom stereocenters. The molecule has 0 amide bonds. The van der Waals surface area contributed by atoms with Crippen molar-refractivity contribution in [3.8, 4) is 0 Å². The molecule has 102 valence electrons. The van der Waals surface area contributed by atoms with Gasteiger partial charge in [-0.2, -0.15) is 0 Å². The number of fused-ring (bicyclic) bond motifs is 1. The summed E-state index contributed by atoms with van der Waals surface area (Å²) in [6.45, 7) is 0.923. The van der Waals surface area contributed by atoms with Crippen LogP contribution >= 0.6 is 11.3 Å². The standard InChI is InChI=1S/C14H19N3OS/c15-13-11(5-6-12-14(13)17-8-19-12)16-7-9-1-3-10(18)4-2-9/h5-6,8-10,16,18H,1-4,7,15H2. The molecular formula is C14H19N3OS. The van der Waals surface area contributed by atoms with Crippen LogP contribution in [-0.4, -0.2) is 22.7 Å². The zero-order chi connectivity index (χ0) is 13.2. The van der Waals surface area contributed by atoms with Crippen molar-refractivity contribution in [2.45, 2.75) is 31.8 Å². The fourth-order valence-corrected chi connectivity index (χ4v) is 3.40. The van der Waals surface area contributed by atoms with Crippen LogP contribution in [-0.2, 0) is 0 Å². The van der Waals surface area contributed by atoms with Gasteiger partial charge in [0.15, 0.2) is 0 Å².